The van der Waals surface area contributed by atoms with Gasteiger partial charge in [0.05, 0.1) is 0 Å². The molecular weight excluding hydrogens is 274 g/mol. The molecule has 4 rings (SSSR count). The number of nitrogens with zero attached hydrogens (tertiary/aromatic N) is 2. The quantitative estimate of drug-likeness (QED) is 0.909. The van der Waals surface area contributed by atoms with Crippen LogP contribution in [-0.2, 0) is 5.41 Å². The lowest BCUT2D eigenvalue weighted by atomic mass is 9.69. The van der Waals surface area contributed by atoms with Crippen molar-refractivity contribution in [1.82, 2.24) is 15.1 Å². The Labute approximate surface area is 132 Å². The number of amides is 2. The fourth-order valence-electron chi connectivity index (χ4n) is 4.29. The Morgan fingerprint density at radius 3 is 2.64 bits per heavy atom. The average molecular weight is 299 g/mol. The molecule has 4 nitrogen and oxygen atoms in total. The molecule has 22 heavy (non-hydrogen) atoms. The van der Waals surface area contributed by atoms with Gasteiger partial charge in [0.25, 0.3) is 0 Å². The second kappa shape index (κ2) is 5.27. The van der Waals surface area contributed by atoms with Crippen LogP contribution in [0.3, 0.4) is 0 Å². The molecule has 0 unspecified atom stereocenters. The lowest BCUT2D eigenvalue weighted by Gasteiger charge is -2.46. The summed E-state index contributed by atoms with van der Waals surface area (Å²) in [5.74, 6) is 0. The zero-order valence-corrected chi connectivity index (χ0v) is 13.3. The molecular formula is C18H25N3O. The van der Waals surface area contributed by atoms with Crippen LogP contribution in [-0.4, -0.2) is 54.6 Å². The van der Waals surface area contributed by atoms with E-state index in [4.69, 9.17) is 0 Å². The summed E-state index contributed by atoms with van der Waals surface area (Å²) in [6.45, 7) is 2.85. The SMILES string of the molecule is CN1CC[C@@]2(c3ccccc3)CCN(C(=O)NC3CC3)C[C@H]12. The Hall–Kier alpha value is -1.55. The highest BCUT2D eigenvalue weighted by Crippen LogP contribution is 2.45. The van der Waals surface area contributed by atoms with Crippen LogP contribution in [0.4, 0.5) is 4.79 Å². The van der Waals surface area contributed by atoms with Crippen LogP contribution in [0.15, 0.2) is 30.3 Å². The number of piperidine rings is 1. The summed E-state index contributed by atoms with van der Waals surface area (Å²) in [7, 11) is 2.21. The van der Waals surface area contributed by atoms with E-state index in [1.54, 1.807) is 0 Å². The van der Waals surface area contributed by atoms with Crippen molar-refractivity contribution in [2.75, 3.05) is 26.7 Å². The number of likely N-dealkylation sites (tertiary alicyclic amines) is 2. The van der Waals surface area contributed by atoms with Gasteiger partial charge in [-0.2, -0.15) is 0 Å². The highest BCUT2D eigenvalue weighted by molar-refractivity contribution is 5.75. The highest BCUT2D eigenvalue weighted by Gasteiger charge is 2.50. The predicted molar refractivity (Wildman–Crippen MR) is 86.9 cm³/mol. The van der Waals surface area contributed by atoms with Gasteiger partial charge in [0.1, 0.15) is 0 Å². The molecule has 4 heteroatoms. The second-order valence-electron chi connectivity index (χ2n) is 7.19. The van der Waals surface area contributed by atoms with E-state index >= 15 is 0 Å². The van der Waals surface area contributed by atoms with E-state index in [0.29, 0.717) is 12.1 Å². The molecule has 2 saturated heterocycles. The lowest BCUT2D eigenvalue weighted by Crippen LogP contribution is -2.58. The third kappa shape index (κ3) is 2.30. The minimum absolute atomic E-state index is 0.143. The lowest BCUT2D eigenvalue weighted by molar-refractivity contribution is 0.110. The molecule has 118 valence electrons. The maximum Gasteiger partial charge on any atom is 0.317 e. The second-order valence-corrected chi connectivity index (χ2v) is 7.19. The van der Waals surface area contributed by atoms with E-state index in [1.165, 1.54) is 12.0 Å². The van der Waals surface area contributed by atoms with Crippen LogP contribution in [0.5, 0.6) is 0 Å². The molecule has 2 aliphatic heterocycles. The van der Waals surface area contributed by atoms with Crippen molar-refractivity contribution in [3.05, 3.63) is 35.9 Å². The van der Waals surface area contributed by atoms with Crippen LogP contribution in [0.2, 0.25) is 0 Å². The summed E-state index contributed by atoms with van der Waals surface area (Å²) in [4.78, 5) is 16.9. The third-order valence-electron chi connectivity index (χ3n) is 5.84. The number of fused-ring (bicyclic) bond motifs is 1. The van der Waals surface area contributed by atoms with Crippen LogP contribution in [0.1, 0.15) is 31.2 Å². The number of carbonyl (C=O) groups excluding carboxylic acids is 1. The minimum atomic E-state index is 0.143. The molecule has 3 fully saturated rings. The summed E-state index contributed by atoms with van der Waals surface area (Å²) >= 11 is 0. The first-order valence-corrected chi connectivity index (χ1v) is 8.50. The predicted octanol–water partition coefficient (Wildman–Crippen LogP) is 2.21. The molecule has 1 aliphatic carbocycles. The van der Waals surface area contributed by atoms with Crippen LogP contribution in [0.25, 0.3) is 0 Å². The summed E-state index contributed by atoms with van der Waals surface area (Å²) in [5, 5.41) is 3.14. The van der Waals surface area contributed by atoms with Crippen molar-refractivity contribution < 1.29 is 4.79 Å². The van der Waals surface area contributed by atoms with Crippen LogP contribution in [0, 0.1) is 0 Å². The standard InChI is InChI=1S/C18H25N3O/c1-20-11-9-18(14-5-3-2-4-6-14)10-12-21(13-16(18)20)17(22)19-15-7-8-15/h2-6,15-16H,7-13H2,1H3,(H,19,22)/t16-,18-/m0/s1. The molecule has 0 aromatic heterocycles. The topological polar surface area (TPSA) is 35.6 Å². The zero-order valence-electron chi connectivity index (χ0n) is 13.3. The molecule has 1 aromatic rings. The fraction of sp³-hybridized carbons (Fsp3) is 0.611. The molecule has 0 bridgehead atoms. The smallest absolute Gasteiger partial charge is 0.317 e. The fourth-order valence-corrected chi connectivity index (χ4v) is 4.29. The highest BCUT2D eigenvalue weighted by atomic mass is 16.2. The number of hydrogen-bond acceptors (Lipinski definition) is 2. The molecule has 2 atom stereocenters. The maximum atomic E-state index is 12.4. The van der Waals surface area contributed by atoms with Crippen molar-refractivity contribution in [3.63, 3.8) is 0 Å². The number of carbonyl (C=O) groups is 1. The Balaban J connectivity index is 1.56. The molecule has 2 heterocycles. The molecule has 1 N–H and O–H groups in total. The zero-order chi connectivity index (χ0) is 15.2. The average Bonchev–Trinajstić information content (AvgIpc) is 3.30. The van der Waals surface area contributed by atoms with E-state index in [-0.39, 0.29) is 11.4 Å². The van der Waals surface area contributed by atoms with Gasteiger partial charge in [0, 0.05) is 30.6 Å². The number of urea groups is 1. The molecule has 2 amide bonds. The largest absolute Gasteiger partial charge is 0.335 e. The van der Waals surface area contributed by atoms with E-state index in [1.807, 2.05) is 4.90 Å². The van der Waals surface area contributed by atoms with Crippen molar-refractivity contribution in [2.24, 2.45) is 0 Å². The van der Waals surface area contributed by atoms with E-state index in [0.717, 1.165) is 38.9 Å². The van der Waals surface area contributed by atoms with E-state index in [9.17, 15) is 4.79 Å². The molecule has 1 saturated carbocycles. The number of nitrogens with one attached hydrogen (secondary N) is 1. The summed E-state index contributed by atoms with van der Waals surface area (Å²) < 4.78 is 0. The number of benzene rings is 1. The molecule has 0 radical (unpaired) electrons. The van der Waals surface area contributed by atoms with Crippen molar-refractivity contribution >= 4 is 6.03 Å². The third-order valence-corrected chi connectivity index (χ3v) is 5.84. The van der Waals surface area contributed by atoms with Gasteiger partial charge < -0.3 is 15.1 Å². The summed E-state index contributed by atoms with van der Waals surface area (Å²) in [5.41, 5.74) is 1.68. The van der Waals surface area contributed by atoms with E-state index < -0.39 is 0 Å². The van der Waals surface area contributed by atoms with Gasteiger partial charge >= 0.3 is 6.03 Å². The maximum absolute atomic E-state index is 12.4. The van der Waals surface area contributed by atoms with Gasteiger partial charge in [0.15, 0.2) is 0 Å². The van der Waals surface area contributed by atoms with E-state index in [2.05, 4.69) is 47.6 Å². The normalized spacial score (nSPS) is 31.9. The van der Waals surface area contributed by atoms with Gasteiger partial charge in [-0.25, -0.2) is 4.79 Å². The Morgan fingerprint density at radius 2 is 1.91 bits per heavy atom. The molecule has 1 aromatic carbocycles. The minimum Gasteiger partial charge on any atom is -0.335 e. The van der Waals surface area contributed by atoms with Gasteiger partial charge in [0.2, 0.25) is 0 Å². The number of hydrogen-bond donors (Lipinski definition) is 1. The summed E-state index contributed by atoms with van der Waals surface area (Å²) in [6.07, 6.45) is 4.58. The van der Waals surface area contributed by atoms with Gasteiger partial charge in [-0.15, -0.1) is 0 Å². The Bertz CT molecular complexity index is 557. The first kappa shape index (κ1) is 14.1. The van der Waals surface area contributed by atoms with Crippen molar-refractivity contribution in [1.29, 1.82) is 0 Å². The van der Waals surface area contributed by atoms with Gasteiger partial charge in [-0.05, 0) is 44.8 Å². The van der Waals surface area contributed by atoms with Crippen LogP contribution < -0.4 is 5.32 Å². The Kier molecular flexibility index (Phi) is 3.37. The summed E-state index contributed by atoms with van der Waals surface area (Å²) in [6, 6.07) is 11.9. The van der Waals surface area contributed by atoms with Crippen molar-refractivity contribution in [2.45, 2.75) is 43.2 Å². The van der Waals surface area contributed by atoms with Crippen LogP contribution >= 0.6 is 0 Å². The first-order chi connectivity index (χ1) is 10.7. The Morgan fingerprint density at radius 1 is 1.18 bits per heavy atom. The molecule has 0 spiro atoms. The van der Waals surface area contributed by atoms with Gasteiger partial charge in [-0.1, -0.05) is 30.3 Å². The van der Waals surface area contributed by atoms with Gasteiger partial charge in [-0.3, -0.25) is 0 Å². The first-order valence-electron chi connectivity index (χ1n) is 8.50. The molecule has 3 aliphatic rings. The monoisotopic (exact) mass is 299 g/mol. The number of rotatable bonds is 2. The number of likely N-dealkylation sites (N-methyl/N-ethyl adjacent to an activating group) is 1. The van der Waals surface area contributed by atoms with Crippen molar-refractivity contribution in [3.8, 4) is 0 Å².